The highest BCUT2D eigenvalue weighted by Crippen LogP contribution is 2.33. The number of aryl methyl sites for hydroxylation is 1. The molecule has 0 bridgehead atoms. The maximum atomic E-state index is 13.0. The summed E-state index contributed by atoms with van der Waals surface area (Å²) < 4.78 is 13.0. The molecule has 1 saturated heterocycles. The van der Waals surface area contributed by atoms with Gasteiger partial charge in [0, 0.05) is 53.5 Å². The predicted molar refractivity (Wildman–Crippen MR) is 126 cm³/mol. The van der Waals surface area contributed by atoms with Crippen molar-refractivity contribution in [2.75, 3.05) is 18.5 Å². The van der Waals surface area contributed by atoms with Gasteiger partial charge >= 0.3 is 0 Å². The summed E-state index contributed by atoms with van der Waals surface area (Å²) in [4.78, 5) is 21.5. The minimum Gasteiger partial charge on any atom is -0.444 e. The molecule has 1 aliphatic rings. The van der Waals surface area contributed by atoms with Gasteiger partial charge in [0.05, 0.1) is 17.2 Å². The van der Waals surface area contributed by atoms with Crippen molar-refractivity contribution in [3.05, 3.63) is 59.9 Å². The van der Waals surface area contributed by atoms with Gasteiger partial charge in [0.15, 0.2) is 5.69 Å². The molecule has 3 aromatic heterocycles. The third-order valence-corrected chi connectivity index (χ3v) is 6.01. The number of nitrogens with zero attached hydrogens (tertiary/aromatic N) is 4. The van der Waals surface area contributed by atoms with Gasteiger partial charge in [-0.15, -0.1) is 0 Å². The Kier molecular flexibility index (Phi) is 5.66. The van der Waals surface area contributed by atoms with E-state index in [0.717, 1.165) is 48.2 Å². The monoisotopic (exact) mass is 461 g/mol. The fourth-order valence-corrected chi connectivity index (χ4v) is 4.21. The summed E-state index contributed by atoms with van der Waals surface area (Å²) in [5.41, 5.74) is 2.35. The molecule has 5 rings (SSSR count). The number of hydrogen-bond acceptors (Lipinski definition) is 7. The molecule has 4 aromatic rings. The third-order valence-electron chi connectivity index (χ3n) is 6.01. The minimum atomic E-state index is -1.19. The van der Waals surface area contributed by atoms with Crippen molar-refractivity contribution in [1.82, 2.24) is 19.7 Å². The first kappa shape index (κ1) is 22.2. The first-order valence-corrected chi connectivity index (χ1v) is 11.3. The van der Waals surface area contributed by atoms with E-state index >= 15 is 0 Å². The number of nitrogens with one attached hydrogen (secondary N) is 1. The van der Waals surface area contributed by atoms with Crippen molar-refractivity contribution in [2.24, 2.45) is 0 Å². The molecular weight excluding hydrogens is 434 g/mol. The number of aliphatic hydroxyl groups is 1. The molecule has 1 fully saturated rings. The summed E-state index contributed by atoms with van der Waals surface area (Å²) in [5, 5.41) is 19.3. The van der Waals surface area contributed by atoms with Gasteiger partial charge in [0.25, 0.3) is 5.91 Å². The van der Waals surface area contributed by atoms with Crippen LogP contribution in [0.3, 0.4) is 0 Å². The number of hydrogen-bond donors (Lipinski definition) is 2. The number of fused-ring (bicyclic) bond motifs is 1. The van der Waals surface area contributed by atoms with Crippen molar-refractivity contribution < 1.29 is 19.1 Å². The Balaban J connectivity index is 1.45. The Hall–Kier alpha value is -3.56. The smallest absolute Gasteiger partial charge is 0.277 e. The Bertz CT molecular complexity index is 1350. The molecule has 0 radical (unpaired) electrons. The van der Waals surface area contributed by atoms with E-state index in [1.807, 2.05) is 36.0 Å². The molecule has 1 aromatic carbocycles. The van der Waals surface area contributed by atoms with Crippen LogP contribution in [0.5, 0.6) is 0 Å². The first-order chi connectivity index (χ1) is 16.3. The molecule has 1 aliphatic heterocycles. The van der Waals surface area contributed by atoms with Crippen LogP contribution in [0.2, 0.25) is 0 Å². The zero-order valence-corrected chi connectivity index (χ0v) is 19.4. The second-order valence-electron chi connectivity index (χ2n) is 9.15. The summed E-state index contributed by atoms with van der Waals surface area (Å²) in [6, 6.07) is 7.56. The second-order valence-corrected chi connectivity index (χ2v) is 9.15. The average Bonchev–Trinajstić information content (AvgIpc) is 3.46. The van der Waals surface area contributed by atoms with Crippen molar-refractivity contribution in [3.8, 4) is 11.5 Å². The molecule has 9 nitrogen and oxygen atoms in total. The molecule has 0 saturated carbocycles. The first-order valence-electron chi connectivity index (χ1n) is 11.3. The molecule has 4 heterocycles. The molecule has 0 spiro atoms. The zero-order chi connectivity index (χ0) is 23.9. The summed E-state index contributed by atoms with van der Waals surface area (Å²) in [7, 11) is 0. The molecule has 9 heteroatoms. The van der Waals surface area contributed by atoms with E-state index in [9.17, 15) is 9.90 Å². The van der Waals surface area contributed by atoms with Crippen LogP contribution in [0, 0.1) is 6.92 Å². The second kappa shape index (κ2) is 8.66. The van der Waals surface area contributed by atoms with Gasteiger partial charge in [-0.3, -0.25) is 14.5 Å². The summed E-state index contributed by atoms with van der Waals surface area (Å²) in [6.07, 6.45) is 6.78. The SMILES string of the molecule is Cc1cc(-c2nc(C(=O)Nc3cc4cn(C5CCOCC5)nc4cc3C(C)(C)O)co2)ccn1. The number of ether oxygens (including phenoxy) is 1. The van der Waals surface area contributed by atoms with E-state index in [-0.39, 0.29) is 11.7 Å². The number of carbonyl (C=O) groups is 1. The number of pyridine rings is 1. The molecule has 0 unspecified atom stereocenters. The Morgan fingerprint density at radius 2 is 2.03 bits per heavy atom. The highest BCUT2D eigenvalue weighted by atomic mass is 16.5. The van der Waals surface area contributed by atoms with E-state index < -0.39 is 11.5 Å². The molecule has 2 N–H and O–H groups in total. The van der Waals surface area contributed by atoms with Crippen LogP contribution in [0.4, 0.5) is 5.69 Å². The molecular formula is C25H27N5O4. The normalized spacial score (nSPS) is 15.1. The van der Waals surface area contributed by atoms with Crippen LogP contribution >= 0.6 is 0 Å². The number of amides is 1. The number of aromatic nitrogens is 4. The lowest BCUT2D eigenvalue weighted by Crippen LogP contribution is -2.21. The van der Waals surface area contributed by atoms with Gasteiger partial charge in [-0.1, -0.05) is 0 Å². The van der Waals surface area contributed by atoms with Crippen LogP contribution < -0.4 is 5.32 Å². The van der Waals surface area contributed by atoms with Crippen molar-refractivity contribution >= 4 is 22.5 Å². The van der Waals surface area contributed by atoms with Crippen LogP contribution in [0.25, 0.3) is 22.4 Å². The number of benzene rings is 1. The minimum absolute atomic E-state index is 0.143. The van der Waals surface area contributed by atoms with Gasteiger partial charge in [-0.25, -0.2) is 4.98 Å². The largest absolute Gasteiger partial charge is 0.444 e. The van der Waals surface area contributed by atoms with E-state index in [2.05, 4.69) is 15.3 Å². The Morgan fingerprint density at radius 3 is 2.76 bits per heavy atom. The predicted octanol–water partition coefficient (Wildman–Crippen LogP) is 4.23. The summed E-state index contributed by atoms with van der Waals surface area (Å²) in [6.45, 7) is 6.67. The molecule has 176 valence electrons. The third kappa shape index (κ3) is 4.44. The highest BCUT2D eigenvalue weighted by Gasteiger charge is 2.25. The van der Waals surface area contributed by atoms with E-state index in [4.69, 9.17) is 14.3 Å². The summed E-state index contributed by atoms with van der Waals surface area (Å²) >= 11 is 0. The van der Waals surface area contributed by atoms with Gasteiger partial charge < -0.3 is 19.6 Å². The highest BCUT2D eigenvalue weighted by molar-refractivity contribution is 6.04. The van der Waals surface area contributed by atoms with Crippen LogP contribution in [0.1, 0.15) is 54.5 Å². The maximum absolute atomic E-state index is 13.0. The summed E-state index contributed by atoms with van der Waals surface area (Å²) in [5.74, 6) is -0.0889. The Labute approximate surface area is 196 Å². The average molecular weight is 462 g/mol. The van der Waals surface area contributed by atoms with Crippen molar-refractivity contribution in [1.29, 1.82) is 0 Å². The fourth-order valence-electron chi connectivity index (χ4n) is 4.21. The van der Waals surface area contributed by atoms with Crippen LogP contribution in [-0.2, 0) is 10.3 Å². The van der Waals surface area contributed by atoms with Crippen molar-refractivity contribution in [3.63, 3.8) is 0 Å². The number of anilines is 1. The molecule has 1 amide bonds. The van der Waals surface area contributed by atoms with E-state index in [1.165, 1.54) is 6.26 Å². The van der Waals surface area contributed by atoms with Crippen LogP contribution in [0.15, 0.2) is 47.3 Å². The van der Waals surface area contributed by atoms with Gasteiger partial charge in [0.1, 0.15) is 6.26 Å². The van der Waals surface area contributed by atoms with E-state index in [0.29, 0.717) is 17.1 Å². The standard InChI is InChI=1S/C25H27N5O4/c1-15-10-16(4-7-26-15)24-28-22(14-34-24)23(31)27-21-11-17-13-30(18-5-8-33-9-6-18)29-20(17)12-19(21)25(2,3)32/h4,7,10-14,18,32H,5-6,8-9H2,1-3H3,(H,27,31). The Morgan fingerprint density at radius 1 is 1.24 bits per heavy atom. The lowest BCUT2D eigenvalue weighted by Gasteiger charge is -2.22. The lowest BCUT2D eigenvalue weighted by molar-refractivity contribution is 0.0664. The maximum Gasteiger partial charge on any atom is 0.277 e. The van der Waals surface area contributed by atoms with Gasteiger partial charge in [0.2, 0.25) is 5.89 Å². The quantitative estimate of drug-likeness (QED) is 0.457. The topological polar surface area (TPSA) is 115 Å². The van der Waals surface area contributed by atoms with Gasteiger partial charge in [-0.2, -0.15) is 5.10 Å². The fraction of sp³-hybridized carbons (Fsp3) is 0.360. The van der Waals surface area contributed by atoms with Crippen molar-refractivity contribution in [2.45, 2.75) is 45.3 Å². The molecule has 34 heavy (non-hydrogen) atoms. The number of carbonyl (C=O) groups excluding carboxylic acids is 1. The van der Waals surface area contributed by atoms with Gasteiger partial charge in [-0.05, 0) is 57.9 Å². The lowest BCUT2D eigenvalue weighted by atomic mass is 9.95. The molecule has 0 aliphatic carbocycles. The number of rotatable bonds is 5. The van der Waals surface area contributed by atoms with Crippen LogP contribution in [-0.4, -0.2) is 44.0 Å². The zero-order valence-electron chi connectivity index (χ0n) is 19.4. The van der Waals surface area contributed by atoms with E-state index in [1.54, 1.807) is 26.1 Å². The number of oxazole rings is 1. The molecule has 0 atom stereocenters.